The van der Waals surface area contributed by atoms with Crippen molar-refractivity contribution < 1.29 is 0 Å². The van der Waals surface area contributed by atoms with Gasteiger partial charge in [-0.05, 0) is 12.3 Å². The van der Waals surface area contributed by atoms with Crippen LogP contribution in [-0.2, 0) is 13.1 Å². The molecule has 1 unspecified atom stereocenters. The minimum absolute atomic E-state index is 0.763. The molecule has 0 N–H and O–H groups in total. The average molecular weight is 287 g/mol. The van der Waals surface area contributed by atoms with Gasteiger partial charge in [0.1, 0.15) is 12.2 Å². The molecule has 0 aliphatic carbocycles. The van der Waals surface area contributed by atoms with Gasteiger partial charge in [-0.15, -0.1) is 10.2 Å². The highest BCUT2D eigenvalue weighted by Gasteiger charge is 2.19. The zero-order valence-corrected chi connectivity index (χ0v) is 11.4. The van der Waals surface area contributed by atoms with Crippen molar-refractivity contribution in [1.29, 1.82) is 0 Å². The summed E-state index contributed by atoms with van der Waals surface area (Å²) in [5, 5.41) is 9.20. The van der Waals surface area contributed by atoms with Gasteiger partial charge >= 0.3 is 0 Å². The Labute approximate surface area is 105 Å². The minimum atomic E-state index is 0.763. The van der Waals surface area contributed by atoms with Gasteiger partial charge in [-0.3, -0.25) is 4.90 Å². The molecule has 90 valence electrons. The first-order chi connectivity index (χ1) is 7.83. The number of rotatable bonds is 5. The summed E-state index contributed by atoms with van der Waals surface area (Å²) in [6.07, 6.45) is 4.40. The van der Waals surface area contributed by atoms with Crippen LogP contribution < -0.4 is 0 Å². The van der Waals surface area contributed by atoms with E-state index < -0.39 is 0 Å². The van der Waals surface area contributed by atoms with Gasteiger partial charge in [0, 0.05) is 25.0 Å². The fourth-order valence-corrected chi connectivity index (χ4v) is 2.79. The Balaban J connectivity index is 1.88. The zero-order valence-electron chi connectivity index (χ0n) is 9.77. The van der Waals surface area contributed by atoms with Crippen LogP contribution in [-0.4, -0.2) is 38.1 Å². The summed E-state index contributed by atoms with van der Waals surface area (Å²) in [5.74, 6) is 1.87. The van der Waals surface area contributed by atoms with E-state index in [4.69, 9.17) is 0 Å². The molecule has 1 aromatic rings. The molecule has 1 aliphatic rings. The molecule has 0 spiro atoms. The summed E-state index contributed by atoms with van der Waals surface area (Å²) >= 11 is 3.61. The Hall–Kier alpha value is -0.420. The van der Waals surface area contributed by atoms with Crippen molar-refractivity contribution in [3.05, 3.63) is 12.2 Å². The van der Waals surface area contributed by atoms with Gasteiger partial charge in [0.2, 0.25) is 0 Å². The normalized spacial score (nSPS) is 18.4. The highest BCUT2D eigenvalue weighted by Crippen LogP contribution is 2.15. The van der Waals surface area contributed by atoms with E-state index in [2.05, 4.69) is 42.5 Å². The van der Waals surface area contributed by atoms with Gasteiger partial charge in [0.15, 0.2) is 0 Å². The summed E-state index contributed by atoms with van der Waals surface area (Å²) in [5.41, 5.74) is 0. The van der Waals surface area contributed by atoms with E-state index in [1.807, 2.05) is 6.33 Å². The van der Waals surface area contributed by atoms with E-state index in [0.29, 0.717) is 0 Å². The Morgan fingerprint density at radius 3 is 3.12 bits per heavy atom. The van der Waals surface area contributed by atoms with E-state index in [-0.39, 0.29) is 0 Å². The molecule has 0 amide bonds. The largest absolute Gasteiger partial charge is 0.315 e. The van der Waals surface area contributed by atoms with E-state index >= 15 is 0 Å². The van der Waals surface area contributed by atoms with Crippen molar-refractivity contribution in [2.45, 2.75) is 32.9 Å². The SMILES string of the molecule is CCCC(CBr)CN1CCn2cnnc2C1. The quantitative estimate of drug-likeness (QED) is 0.776. The predicted molar refractivity (Wildman–Crippen MR) is 67.5 cm³/mol. The van der Waals surface area contributed by atoms with Crippen molar-refractivity contribution >= 4 is 15.9 Å². The summed E-state index contributed by atoms with van der Waals surface area (Å²) in [4.78, 5) is 2.49. The highest BCUT2D eigenvalue weighted by atomic mass is 79.9. The number of aromatic nitrogens is 3. The number of hydrogen-bond acceptors (Lipinski definition) is 3. The van der Waals surface area contributed by atoms with Crippen LogP contribution in [0.3, 0.4) is 0 Å². The molecule has 2 rings (SSSR count). The molecular weight excluding hydrogens is 268 g/mol. The molecule has 1 atom stereocenters. The zero-order chi connectivity index (χ0) is 11.4. The molecular formula is C11H19BrN4. The van der Waals surface area contributed by atoms with Crippen LogP contribution in [0.25, 0.3) is 0 Å². The molecule has 2 heterocycles. The lowest BCUT2D eigenvalue weighted by Crippen LogP contribution is -2.37. The first kappa shape index (κ1) is 12.0. The lowest BCUT2D eigenvalue weighted by atomic mass is 10.1. The van der Waals surface area contributed by atoms with E-state index in [1.165, 1.54) is 19.4 Å². The van der Waals surface area contributed by atoms with Crippen LogP contribution in [0, 0.1) is 5.92 Å². The van der Waals surface area contributed by atoms with E-state index in [0.717, 1.165) is 36.7 Å². The first-order valence-electron chi connectivity index (χ1n) is 5.98. The van der Waals surface area contributed by atoms with Crippen LogP contribution in [0.15, 0.2) is 6.33 Å². The Morgan fingerprint density at radius 2 is 2.38 bits per heavy atom. The third kappa shape index (κ3) is 2.83. The smallest absolute Gasteiger partial charge is 0.147 e. The minimum Gasteiger partial charge on any atom is -0.315 e. The molecule has 4 nitrogen and oxygen atoms in total. The molecule has 5 heteroatoms. The van der Waals surface area contributed by atoms with Crippen molar-refractivity contribution in [1.82, 2.24) is 19.7 Å². The fraction of sp³-hybridized carbons (Fsp3) is 0.818. The van der Waals surface area contributed by atoms with Crippen LogP contribution in [0.4, 0.5) is 0 Å². The van der Waals surface area contributed by atoms with Gasteiger partial charge in [-0.2, -0.15) is 0 Å². The molecule has 1 aliphatic heterocycles. The Kier molecular flexibility index (Phi) is 4.35. The number of hydrogen-bond donors (Lipinski definition) is 0. The van der Waals surface area contributed by atoms with Gasteiger partial charge in [0.25, 0.3) is 0 Å². The van der Waals surface area contributed by atoms with Crippen LogP contribution in [0.2, 0.25) is 0 Å². The second-order valence-corrected chi connectivity index (χ2v) is 5.13. The lowest BCUT2D eigenvalue weighted by molar-refractivity contribution is 0.187. The molecule has 0 saturated heterocycles. The second-order valence-electron chi connectivity index (χ2n) is 4.48. The Morgan fingerprint density at radius 1 is 1.50 bits per heavy atom. The fourth-order valence-electron chi connectivity index (χ4n) is 2.26. The first-order valence-corrected chi connectivity index (χ1v) is 7.10. The van der Waals surface area contributed by atoms with Gasteiger partial charge in [-0.25, -0.2) is 0 Å². The number of nitrogens with zero attached hydrogens (tertiary/aromatic N) is 4. The van der Waals surface area contributed by atoms with Crippen LogP contribution in [0.5, 0.6) is 0 Å². The second kappa shape index (κ2) is 5.77. The number of fused-ring (bicyclic) bond motifs is 1. The van der Waals surface area contributed by atoms with Crippen molar-refractivity contribution in [2.75, 3.05) is 18.4 Å². The van der Waals surface area contributed by atoms with Crippen molar-refractivity contribution in [3.8, 4) is 0 Å². The maximum atomic E-state index is 4.15. The summed E-state index contributed by atoms with van der Waals surface area (Å²) in [6, 6.07) is 0. The molecule has 0 saturated carbocycles. The third-order valence-electron chi connectivity index (χ3n) is 3.15. The van der Waals surface area contributed by atoms with E-state index in [1.54, 1.807) is 0 Å². The molecule has 1 aromatic heterocycles. The molecule has 16 heavy (non-hydrogen) atoms. The summed E-state index contributed by atoms with van der Waals surface area (Å²) in [7, 11) is 0. The topological polar surface area (TPSA) is 34.0 Å². The van der Waals surface area contributed by atoms with Crippen LogP contribution in [0.1, 0.15) is 25.6 Å². The maximum Gasteiger partial charge on any atom is 0.147 e. The molecule has 0 bridgehead atoms. The maximum absolute atomic E-state index is 4.15. The lowest BCUT2D eigenvalue weighted by Gasteiger charge is -2.29. The highest BCUT2D eigenvalue weighted by molar-refractivity contribution is 9.09. The van der Waals surface area contributed by atoms with Crippen molar-refractivity contribution in [3.63, 3.8) is 0 Å². The molecule has 0 fully saturated rings. The number of halogens is 1. The van der Waals surface area contributed by atoms with E-state index in [9.17, 15) is 0 Å². The Bertz CT molecular complexity index is 326. The van der Waals surface area contributed by atoms with Crippen LogP contribution >= 0.6 is 15.9 Å². The predicted octanol–water partition coefficient (Wildman–Crippen LogP) is 1.90. The number of alkyl halides is 1. The summed E-state index contributed by atoms with van der Waals surface area (Å²) in [6.45, 7) is 6.53. The van der Waals surface area contributed by atoms with Gasteiger partial charge in [0.05, 0.1) is 6.54 Å². The standard InChI is InChI=1S/C11H19BrN4/c1-2-3-10(6-12)7-15-4-5-16-9-13-14-11(16)8-15/h9-10H,2-8H2,1H3. The monoisotopic (exact) mass is 286 g/mol. The summed E-state index contributed by atoms with van der Waals surface area (Å²) < 4.78 is 2.15. The van der Waals surface area contributed by atoms with Gasteiger partial charge < -0.3 is 4.57 Å². The third-order valence-corrected chi connectivity index (χ3v) is 4.07. The average Bonchev–Trinajstić information content (AvgIpc) is 2.75. The molecule has 0 aromatic carbocycles. The molecule has 0 radical (unpaired) electrons. The van der Waals surface area contributed by atoms with Gasteiger partial charge in [-0.1, -0.05) is 29.3 Å². The van der Waals surface area contributed by atoms with Crippen molar-refractivity contribution in [2.24, 2.45) is 5.92 Å².